The fourth-order valence-corrected chi connectivity index (χ4v) is 0.898. The van der Waals surface area contributed by atoms with E-state index in [1.165, 1.54) is 0 Å². The van der Waals surface area contributed by atoms with Crippen LogP contribution in [0.15, 0.2) is 23.9 Å². The highest BCUT2D eigenvalue weighted by Gasteiger charge is 2.29. The molecule has 0 aromatic carbocycles. The van der Waals surface area contributed by atoms with Crippen LogP contribution in [0, 0.1) is 10.1 Å². The smallest absolute Gasteiger partial charge is 0.265 e. The second kappa shape index (κ2) is 3.02. The standard InChI is InChI=1S/C7H8FNO3/c8-7(5-10)3-1-6(2-4-7)9(11)12/h1-3,10H,4-5H2. The summed E-state index contributed by atoms with van der Waals surface area (Å²) < 4.78 is 13.1. The molecule has 0 saturated carbocycles. The number of nitro groups is 1. The number of hydrogen-bond donors (Lipinski definition) is 1. The number of rotatable bonds is 2. The van der Waals surface area contributed by atoms with E-state index in [2.05, 4.69) is 0 Å². The average Bonchev–Trinajstić information content (AvgIpc) is 2.05. The molecule has 1 unspecified atom stereocenters. The van der Waals surface area contributed by atoms with E-state index in [4.69, 9.17) is 5.11 Å². The van der Waals surface area contributed by atoms with Crippen molar-refractivity contribution < 1.29 is 14.4 Å². The van der Waals surface area contributed by atoms with Crippen LogP contribution in [0.1, 0.15) is 6.42 Å². The topological polar surface area (TPSA) is 63.4 Å². The molecule has 5 heteroatoms. The van der Waals surface area contributed by atoms with E-state index in [1.54, 1.807) is 0 Å². The number of aliphatic hydroxyl groups is 1. The first-order chi connectivity index (χ1) is 5.57. The van der Waals surface area contributed by atoms with Gasteiger partial charge in [0, 0.05) is 12.5 Å². The minimum atomic E-state index is -1.82. The highest BCUT2D eigenvalue weighted by atomic mass is 19.1. The van der Waals surface area contributed by atoms with E-state index in [9.17, 15) is 14.5 Å². The molecule has 0 aliphatic heterocycles. The van der Waals surface area contributed by atoms with Gasteiger partial charge in [-0.2, -0.15) is 0 Å². The third kappa shape index (κ3) is 1.68. The Hall–Kier alpha value is -1.23. The quantitative estimate of drug-likeness (QED) is 0.496. The molecule has 0 amide bonds. The largest absolute Gasteiger partial charge is 0.393 e. The Kier molecular flexibility index (Phi) is 2.23. The van der Waals surface area contributed by atoms with Gasteiger partial charge in [0.15, 0.2) is 5.67 Å². The molecule has 0 saturated heterocycles. The van der Waals surface area contributed by atoms with Crippen LogP contribution in [0.3, 0.4) is 0 Å². The molecule has 1 rings (SSSR count). The summed E-state index contributed by atoms with van der Waals surface area (Å²) in [5.74, 6) is 0. The van der Waals surface area contributed by atoms with Crippen molar-refractivity contribution in [3.8, 4) is 0 Å². The molecule has 1 aliphatic carbocycles. The molecule has 0 fully saturated rings. The van der Waals surface area contributed by atoms with Crippen LogP contribution in [0.2, 0.25) is 0 Å². The Labute approximate surface area is 68.2 Å². The summed E-state index contributed by atoms with van der Waals surface area (Å²) in [6.45, 7) is -0.648. The van der Waals surface area contributed by atoms with Gasteiger partial charge in [-0.3, -0.25) is 10.1 Å². The maximum Gasteiger partial charge on any atom is 0.265 e. The lowest BCUT2D eigenvalue weighted by molar-refractivity contribution is -0.419. The zero-order chi connectivity index (χ0) is 9.19. The van der Waals surface area contributed by atoms with Gasteiger partial charge in [-0.05, 0) is 12.2 Å². The Balaban J connectivity index is 2.74. The predicted molar refractivity (Wildman–Crippen MR) is 39.8 cm³/mol. The minimum absolute atomic E-state index is 0.128. The maximum atomic E-state index is 13.1. The summed E-state index contributed by atoms with van der Waals surface area (Å²) in [5.41, 5.74) is -1.95. The van der Waals surface area contributed by atoms with Crippen molar-refractivity contribution in [2.75, 3.05) is 6.61 Å². The first kappa shape index (κ1) is 8.86. The van der Waals surface area contributed by atoms with Crippen molar-refractivity contribution in [1.29, 1.82) is 0 Å². The second-order valence-corrected chi connectivity index (χ2v) is 2.62. The van der Waals surface area contributed by atoms with E-state index >= 15 is 0 Å². The molecule has 4 nitrogen and oxygen atoms in total. The normalized spacial score (nSPS) is 28.3. The third-order valence-electron chi connectivity index (χ3n) is 1.68. The SMILES string of the molecule is O=[N+]([O-])C1=CCC(F)(CO)C=C1. The minimum Gasteiger partial charge on any atom is -0.393 e. The first-order valence-corrected chi connectivity index (χ1v) is 3.41. The van der Waals surface area contributed by atoms with Gasteiger partial charge < -0.3 is 5.11 Å². The van der Waals surface area contributed by atoms with Gasteiger partial charge in [-0.25, -0.2) is 4.39 Å². The molecular weight excluding hydrogens is 165 g/mol. The summed E-state index contributed by atoms with van der Waals surface area (Å²) in [6, 6.07) is 0. The molecule has 0 aromatic rings. The maximum absolute atomic E-state index is 13.1. The lowest BCUT2D eigenvalue weighted by Gasteiger charge is -2.18. The zero-order valence-electron chi connectivity index (χ0n) is 6.24. The average molecular weight is 173 g/mol. The highest BCUT2D eigenvalue weighted by molar-refractivity contribution is 5.22. The van der Waals surface area contributed by atoms with Gasteiger partial charge in [0.1, 0.15) is 0 Å². The highest BCUT2D eigenvalue weighted by Crippen LogP contribution is 2.24. The summed E-state index contributed by atoms with van der Waals surface area (Å²) >= 11 is 0. The van der Waals surface area contributed by atoms with Crippen LogP contribution in [0.4, 0.5) is 4.39 Å². The molecule has 1 N–H and O–H groups in total. The molecule has 0 radical (unpaired) electrons. The summed E-state index contributed by atoms with van der Waals surface area (Å²) in [5, 5.41) is 18.7. The molecule has 1 atom stereocenters. The van der Waals surface area contributed by atoms with Gasteiger partial charge in [-0.1, -0.05) is 0 Å². The van der Waals surface area contributed by atoms with Crippen molar-refractivity contribution >= 4 is 0 Å². The molecule has 0 bridgehead atoms. The van der Waals surface area contributed by atoms with Crippen LogP contribution in [0.25, 0.3) is 0 Å². The van der Waals surface area contributed by atoms with Crippen LogP contribution in [0.5, 0.6) is 0 Å². The molecule has 1 aliphatic rings. The predicted octanol–water partition coefficient (Wildman–Crippen LogP) is 0.807. The van der Waals surface area contributed by atoms with E-state index in [1.807, 2.05) is 0 Å². The van der Waals surface area contributed by atoms with E-state index in [-0.39, 0.29) is 12.1 Å². The van der Waals surface area contributed by atoms with E-state index in [0.717, 1.165) is 18.2 Å². The number of halogens is 1. The Morgan fingerprint density at radius 1 is 1.83 bits per heavy atom. The molecule has 66 valence electrons. The molecule has 0 spiro atoms. The van der Waals surface area contributed by atoms with Gasteiger partial charge in [0.25, 0.3) is 5.70 Å². The monoisotopic (exact) mass is 173 g/mol. The Morgan fingerprint density at radius 2 is 2.50 bits per heavy atom. The van der Waals surface area contributed by atoms with Crippen molar-refractivity contribution in [3.05, 3.63) is 34.0 Å². The third-order valence-corrected chi connectivity index (χ3v) is 1.68. The number of nitrogens with zero attached hydrogens (tertiary/aromatic N) is 1. The molecule has 12 heavy (non-hydrogen) atoms. The lowest BCUT2D eigenvalue weighted by atomic mass is 9.97. The molecule has 0 aromatic heterocycles. The van der Waals surface area contributed by atoms with Gasteiger partial charge in [-0.15, -0.1) is 0 Å². The summed E-state index contributed by atoms with van der Waals surface area (Å²) in [6.07, 6.45) is 3.11. The number of alkyl halides is 1. The van der Waals surface area contributed by atoms with Crippen molar-refractivity contribution in [3.63, 3.8) is 0 Å². The zero-order valence-corrected chi connectivity index (χ0v) is 6.24. The summed E-state index contributed by atoms with van der Waals surface area (Å²) in [4.78, 5) is 9.56. The van der Waals surface area contributed by atoms with Crippen molar-refractivity contribution in [1.82, 2.24) is 0 Å². The van der Waals surface area contributed by atoms with Crippen LogP contribution < -0.4 is 0 Å². The van der Waals surface area contributed by atoms with Gasteiger partial charge in [0.05, 0.1) is 11.5 Å². The number of hydrogen-bond acceptors (Lipinski definition) is 3. The lowest BCUT2D eigenvalue weighted by Crippen LogP contribution is -2.26. The fraction of sp³-hybridized carbons (Fsp3) is 0.429. The summed E-state index contributed by atoms with van der Waals surface area (Å²) in [7, 11) is 0. The fourth-order valence-electron chi connectivity index (χ4n) is 0.898. The van der Waals surface area contributed by atoms with Crippen LogP contribution in [-0.4, -0.2) is 22.3 Å². The number of allylic oxidation sites excluding steroid dienone is 2. The molecule has 0 heterocycles. The number of aliphatic hydroxyl groups excluding tert-OH is 1. The van der Waals surface area contributed by atoms with Gasteiger partial charge in [0.2, 0.25) is 0 Å². The Bertz CT molecular complexity index is 261. The van der Waals surface area contributed by atoms with Gasteiger partial charge >= 0.3 is 0 Å². The van der Waals surface area contributed by atoms with E-state index < -0.39 is 17.2 Å². The first-order valence-electron chi connectivity index (χ1n) is 3.41. The second-order valence-electron chi connectivity index (χ2n) is 2.62. The van der Waals surface area contributed by atoms with Crippen molar-refractivity contribution in [2.45, 2.75) is 12.1 Å². The Morgan fingerprint density at radius 3 is 2.83 bits per heavy atom. The van der Waals surface area contributed by atoms with Crippen LogP contribution in [-0.2, 0) is 0 Å². The van der Waals surface area contributed by atoms with E-state index in [0.29, 0.717) is 0 Å². The van der Waals surface area contributed by atoms with Crippen molar-refractivity contribution in [2.24, 2.45) is 0 Å². The van der Waals surface area contributed by atoms with Crippen LogP contribution >= 0.6 is 0 Å². The molecular formula is C7H8FNO3.